The first-order chi connectivity index (χ1) is 10.6. The third kappa shape index (κ3) is 3.78. The second-order valence-electron chi connectivity index (χ2n) is 5.35. The average molecular weight is 319 g/mol. The van der Waals surface area contributed by atoms with Gasteiger partial charge in [0.1, 0.15) is 0 Å². The first-order valence-corrected chi connectivity index (χ1v) is 9.22. The normalized spacial score (nSPS) is 10.7. The zero-order valence-electron chi connectivity index (χ0n) is 15.2. The van der Waals surface area contributed by atoms with Crippen LogP contribution in [0.2, 0.25) is 0 Å². The number of hydrogen-bond donors (Lipinski definition) is 0. The maximum absolute atomic E-state index is 3.85. The summed E-state index contributed by atoms with van der Waals surface area (Å²) in [6.07, 6.45) is 0. The van der Waals surface area contributed by atoms with Gasteiger partial charge in [-0.25, -0.2) is 0 Å². The molecule has 4 heteroatoms. The first kappa shape index (κ1) is 18.9. The third-order valence-corrected chi connectivity index (χ3v) is 4.80. The van der Waals surface area contributed by atoms with Crippen molar-refractivity contribution in [2.24, 2.45) is 0 Å². The van der Waals surface area contributed by atoms with Gasteiger partial charge in [-0.05, 0) is 52.8 Å². The predicted octanol–water partition coefficient (Wildman–Crippen LogP) is 3.02. The van der Waals surface area contributed by atoms with Gasteiger partial charge in [-0.3, -0.25) is 0 Å². The molecule has 3 nitrogen and oxygen atoms in total. The summed E-state index contributed by atoms with van der Waals surface area (Å²) in [7, 11) is 3.85. The van der Waals surface area contributed by atoms with Crippen LogP contribution in [0.1, 0.15) is 41.5 Å². The van der Waals surface area contributed by atoms with E-state index in [1.165, 1.54) is 22.2 Å². The van der Waals surface area contributed by atoms with Gasteiger partial charge >= 0.3 is 0 Å². The van der Waals surface area contributed by atoms with Crippen LogP contribution in [0.5, 0.6) is 0 Å². The Labute approximate surface area is 140 Å². The summed E-state index contributed by atoms with van der Waals surface area (Å²) in [4.78, 5) is 7.38. The number of anilines is 3. The van der Waals surface area contributed by atoms with Crippen LogP contribution in [-0.2, 0) is 0 Å². The highest BCUT2D eigenvalue weighted by Gasteiger charge is 2.21. The molecule has 3 radical (unpaired) electrons. The molecular formula is C18H32N3Si. The summed E-state index contributed by atoms with van der Waals surface area (Å²) in [5.41, 5.74) is 4.04. The van der Waals surface area contributed by atoms with Crippen molar-refractivity contribution in [1.29, 1.82) is 0 Å². The van der Waals surface area contributed by atoms with Gasteiger partial charge in [0.2, 0.25) is 0 Å². The molecule has 0 saturated carbocycles. The van der Waals surface area contributed by atoms with Crippen molar-refractivity contribution in [3.8, 4) is 0 Å². The Morgan fingerprint density at radius 2 is 1.05 bits per heavy atom. The topological polar surface area (TPSA) is 9.72 Å². The summed E-state index contributed by atoms with van der Waals surface area (Å²) in [5, 5.41) is 1.18. The van der Waals surface area contributed by atoms with Crippen LogP contribution in [-0.4, -0.2) is 49.5 Å². The highest BCUT2D eigenvalue weighted by atomic mass is 28.1. The fourth-order valence-corrected chi connectivity index (χ4v) is 3.46. The highest BCUT2D eigenvalue weighted by molar-refractivity contribution is 6.37. The van der Waals surface area contributed by atoms with Gasteiger partial charge in [-0.1, -0.05) is 6.07 Å². The quantitative estimate of drug-likeness (QED) is 0.648. The largest absolute Gasteiger partial charge is 0.370 e. The van der Waals surface area contributed by atoms with Crippen molar-refractivity contribution in [3.05, 3.63) is 12.1 Å². The highest BCUT2D eigenvalue weighted by Crippen LogP contribution is 2.37. The zero-order chi connectivity index (χ0) is 16.7. The van der Waals surface area contributed by atoms with Crippen LogP contribution in [0.4, 0.5) is 17.1 Å². The minimum absolute atomic E-state index is 1.02. The Hall–Kier alpha value is -1.16. The van der Waals surface area contributed by atoms with Gasteiger partial charge in [0.15, 0.2) is 0 Å². The van der Waals surface area contributed by atoms with Crippen LogP contribution in [0.25, 0.3) is 0 Å². The second kappa shape index (κ2) is 9.08. The molecule has 0 bridgehead atoms. The van der Waals surface area contributed by atoms with E-state index in [-0.39, 0.29) is 0 Å². The Kier molecular flexibility index (Phi) is 7.80. The van der Waals surface area contributed by atoms with E-state index in [0.717, 1.165) is 39.3 Å². The Morgan fingerprint density at radius 3 is 1.45 bits per heavy atom. The monoisotopic (exact) mass is 318 g/mol. The summed E-state index contributed by atoms with van der Waals surface area (Å²) in [6.45, 7) is 19.5. The third-order valence-electron chi connectivity index (χ3n) is 4.39. The van der Waals surface area contributed by atoms with Crippen LogP contribution >= 0.6 is 0 Å². The fourth-order valence-electron chi connectivity index (χ4n) is 3.10. The average Bonchev–Trinajstić information content (AvgIpc) is 2.54. The van der Waals surface area contributed by atoms with Gasteiger partial charge in [-0.2, -0.15) is 0 Å². The Morgan fingerprint density at radius 1 is 0.636 bits per heavy atom. The van der Waals surface area contributed by atoms with Crippen molar-refractivity contribution < 1.29 is 0 Å². The standard InChI is InChI=1S/C18H32N3Si/c1-7-19(8-2)15-13-14-16(22)18(21(11-5)12-6)17(15)20(9-3)10-4/h13-14H,7-12H2,1-6H3. The van der Waals surface area contributed by atoms with Crippen LogP contribution in [0.3, 0.4) is 0 Å². The summed E-state index contributed by atoms with van der Waals surface area (Å²) in [6, 6.07) is 4.46. The maximum atomic E-state index is 3.85. The molecule has 0 fully saturated rings. The van der Waals surface area contributed by atoms with E-state index in [9.17, 15) is 0 Å². The van der Waals surface area contributed by atoms with E-state index in [1.807, 2.05) is 0 Å². The van der Waals surface area contributed by atoms with Gasteiger partial charge in [0.25, 0.3) is 0 Å². The molecule has 0 N–H and O–H groups in total. The number of hydrogen-bond acceptors (Lipinski definition) is 3. The molecule has 0 aliphatic rings. The number of nitrogens with zero attached hydrogens (tertiary/aromatic N) is 3. The summed E-state index contributed by atoms with van der Waals surface area (Å²) in [5.74, 6) is 0. The van der Waals surface area contributed by atoms with Crippen molar-refractivity contribution >= 4 is 32.5 Å². The lowest BCUT2D eigenvalue weighted by Crippen LogP contribution is -2.35. The van der Waals surface area contributed by atoms with E-state index < -0.39 is 0 Å². The molecule has 0 aliphatic carbocycles. The van der Waals surface area contributed by atoms with E-state index in [1.54, 1.807) is 0 Å². The molecule has 0 amide bonds. The van der Waals surface area contributed by atoms with Crippen molar-refractivity contribution in [1.82, 2.24) is 0 Å². The molecule has 0 saturated heterocycles. The first-order valence-electron chi connectivity index (χ1n) is 8.72. The lowest BCUT2D eigenvalue weighted by atomic mass is 10.1. The zero-order valence-corrected chi connectivity index (χ0v) is 16.2. The molecule has 22 heavy (non-hydrogen) atoms. The lowest BCUT2D eigenvalue weighted by Gasteiger charge is -2.36. The van der Waals surface area contributed by atoms with Crippen molar-refractivity contribution in [2.45, 2.75) is 41.5 Å². The SMILES string of the molecule is CCN(CC)c1ccc([Si])c(N(CC)CC)c1N(CC)CC. The van der Waals surface area contributed by atoms with Gasteiger partial charge < -0.3 is 14.7 Å². The predicted molar refractivity (Wildman–Crippen MR) is 103 cm³/mol. The second-order valence-corrected chi connectivity index (χ2v) is 5.89. The van der Waals surface area contributed by atoms with Crippen molar-refractivity contribution in [3.63, 3.8) is 0 Å². The summed E-state index contributed by atoms with van der Waals surface area (Å²) < 4.78 is 0. The molecule has 1 aromatic rings. The molecule has 123 valence electrons. The smallest absolute Gasteiger partial charge is 0.0839 e. The molecule has 0 aromatic heterocycles. The van der Waals surface area contributed by atoms with E-state index in [4.69, 9.17) is 0 Å². The Bertz CT molecular complexity index is 450. The molecule has 0 heterocycles. The van der Waals surface area contributed by atoms with Crippen LogP contribution in [0.15, 0.2) is 12.1 Å². The minimum atomic E-state index is 1.02. The molecule has 1 aromatic carbocycles. The Balaban J connectivity index is 3.61. The molecular weight excluding hydrogens is 286 g/mol. The fraction of sp³-hybridized carbons (Fsp3) is 0.667. The van der Waals surface area contributed by atoms with Crippen molar-refractivity contribution in [2.75, 3.05) is 54.0 Å². The van der Waals surface area contributed by atoms with Crippen LogP contribution < -0.4 is 19.9 Å². The van der Waals surface area contributed by atoms with E-state index in [0.29, 0.717) is 0 Å². The maximum Gasteiger partial charge on any atom is 0.0839 e. The molecule has 0 unspecified atom stereocenters. The van der Waals surface area contributed by atoms with E-state index >= 15 is 0 Å². The number of benzene rings is 1. The molecule has 1 rings (SSSR count). The molecule has 0 spiro atoms. The number of rotatable bonds is 9. The summed E-state index contributed by atoms with van der Waals surface area (Å²) >= 11 is 0. The van der Waals surface area contributed by atoms with Gasteiger partial charge in [0, 0.05) is 39.3 Å². The van der Waals surface area contributed by atoms with E-state index in [2.05, 4.69) is 78.6 Å². The molecule has 0 atom stereocenters. The van der Waals surface area contributed by atoms with Gasteiger partial charge in [0.05, 0.1) is 27.3 Å². The van der Waals surface area contributed by atoms with Gasteiger partial charge in [-0.15, -0.1) is 0 Å². The minimum Gasteiger partial charge on any atom is -0.370 e. The van der Waals surface area contributed by atoms with Crippen LogP contribution in [0, 0.1) is 0 Å². The lowest BCUT2D eigenvalue weighted by molar-refractivity contribution is 0.817. The molecule has 0 aliphatic heterocycles.